The van der Waals surface area contributed by atoms with Gasteiger partial charge >= 0.3 is 0 Å². The fourth-order valence-electron chi connectivity index (χ4n) is 2.17. The van der Waals surface area contributed by atoms with E-state index in [0.29, 0.717) is 11.8 Å². The summed E-state index contributed by atoms with van der Waals surface area (Å²) < 4.78 is 0. The van der Waals surface area contributed by atoms with Gasteiger partial charge in [-0.3, -0.25) is 0 Å². The van der Waals surface area contributed by atoms with Gasteiger partial charge in [-0.2, -0.15) is 0 Å². The molecule has 0 aliphatic rings. The van der Waals surface area contributed by atoms with E-state index in [9.17, 15) is 10.2 Å². The molecule has 0 aliphatic heterocycles. The van der Waals surface area contributed by atoms with Crippen molar-refractivity contribution in [3.8, 4) is 0 Å². The van der Waals surface area contributed by atoms with E-state index in [1.54, 1.807) is 0 Å². The topological polar surface area (TPSA) is 40.5 Å². The minimum absolute atomic E-state index is 0.0897. The van der Waals surface area contributed by atoms with Gasteiger partial charge in [0.05, 0.1) is 12.7 Å². The largest absolute Gasteiger partial charge is 0.396 e. The zero-order valence-electron chi connectivity index (χ0n) is 11.0. The summed E-state index contributed by atoms with van der Waals surface area (Å²) in [6.45, 7) is 10.6. The van der Waals surface area contributed by atoms with Gasteiger partial charge in [-0.1, -0.05) is 41.0 Å². The third kappa shape index (κ3) is 3.76. The summed E-state index contributed by atoms with van der Waals surface area (Å²) in [5, 5.41) is 19.7. The SMILES string of the molecule is CCC(O)C(CO)(CCC(C)C)C(C)C. The van der Waals surface area contributed by atoms with Crippen LogP contribution in [0.4, 0.5) is 0 Å². The van der Waals surface area contributed by atoms with Crippen molar-refractivity contribution in [2.45, 2.75) is 60.0 Å². The lowest BCUT2D eigenvalue weighted by molar-refractivity contribution is -0.0599. The Hall–Kier alpha value is -0.0800. The molecule has 0 saturated carbocycles. The fraction of sp³-hybridized carbons (Fsp3) is 1.00. The van der Waals surface area contributed by atoms with E-state index in [4.69, 9.17) is 0 Å². The van der Waals surface area contributed by atoms with E-state index in [2.05, 4.69) is 27.7 Å². The zero-order chi connectivity index (χ0) is 12.1. The highest BCUT2D eigenvalue weighted by atomic mass is 16.3. The number of hydrogen-bond acceptors (Lipinski definition) is 2. The maximum absolute atomic E-state index is 10.1. The molecule has 0 aromatic carbocycles. The van der Waals surface area contributed by atoms with Crippen LogP contribution in [-0.4, -0.2) is 22.9 Å². The first-order valence-corrected chi connectivity index (χ1v) is 6.19. The summed E-state index contributed by atoms with van der Waals surface area (Å²) in [6.07, 6.45) is 2.31. The van der Waals surface area contributed by atoms with Gasteiger partial charge in [0.1, 0.15) is 0 Å². The van der Waals surface area contributed by atoms with Crippen LogP contribution in [0.3, 0.4) is 0 Å². The van der Waals surface area contributed by atoms with Crippen LogP contribution in [0.1, 0.15) is 53.9 Å². The Morgan fingerprint density at radius 3 is 1.93 bits per heavy atom. The molecule has 0 aromatic heterocycles. The van der Waals surface area contributed by atoms with Gasteiger partial charge in [0.25, 0.3) is 0 Å². The Morgan fingerprint density at radius 1 is 1.13 bits per heavy atom. The minimum atomic E-state index is -0.388. The molecule has 2 unspecified atom stereocenters. The highest BCUT2D eigenvalue weighted by Gasteiger charge is 2.39. The van der Waals surface area contributed by atoms with E-state index < -0.39 is 0 Å². The average molecular weight is 216 g/mol. The van der Waals surface area contributed by atoms with Gasteiger partial charge < -0.3 is 10.2 Å². The third-order valence-corrected chi connectivity index (χ3v) is 3.68. The van der Waals surface area contributed by atoms with Crippen molar-refractivity contribution in [2.75, 3.05) is 6.61 Å². The van der Waals surface area contributed by atoms with Gasteiger partial charge in [-0.25, -0.2) is 0 Å². The molecule has 0 radical (unpaired) electrons. The Morgan fingerprint density at radius 2 is 1.67 bits per heavy atom. The lowest BCUT2D eigenvalue weighted by atomic mass is 9.68. The van der Waals surface area contributed by atoms with Gasteiger partial charge in [0.2, 0.25) is 0 Å². The van der Waals surface area contributed by atoms with Gasteiger partial charge in [-0.15, -0.1) is 0 Å². The van der Waals surface area contributed by atoms with Crippen molar-refractivity contribution >= 4 is 0 Å². The van der Waals surface area contributed by atoms with E-state index in [0.717, 1.165) is 19.3 Å². The second-order valence-electron chi connectivity index (χ2n) is 5.40. The molecule has 0 aliphatic carbocycles. The first-order valence-electron chi connectivity index (χ1n) is 6.19. The van der Waals surface area contributed by atoms with Crippen molar-refractivity contribution in [3.63, 3.8) is 0 Å². The molecule has 0 saturated heterocycles. The van der Waals surface area contributed by atoms with Crippen molar-refractivity contribution in [3.05, 3.63) is 0 Å². The highest BCUT2D eigenvalue weighted by Crippen LogP contribution is 2.38. The Labute approximate surface area is 94.7 Å². The summed E-state index contributed by atoms with van der Waals surface area (Å²) >= 11 is 0. The molecule has 0 rings (SSSR count). The molecule has 15 heavy (non-hydrogen) atoms. The van der Waals surface area contributed by atoms with Crippen LogP contribution in [-0.2, 0) is 0 Å². The number of rotatable bonds is 7. The van der Waals surface area contributed by atoms with Crippen LogP contribution in [0.15, 0.2) is 0 Å². The van der Waals surface area contributed by atoms with Crippen LogP contribution in [0.2, 0.25) is 0 Å². The lowest BCUT2D eigenvalue weighted by Gasteiger charge is -2.40. The molecule has 0 heterocycles. The fourth-order valence-corrected chi connectivity index (χ4v) is 2.17. The van der Waals surface area contributed by atoms with Crippen molar-refractivity contribution in [1.82, 2.24) is 0 Å². The summed E-state index contributed by atoms with van der Waals surface area (Å²) in [5.74, 6) is 0.940. The number of hydrogen-bond donors (Lipinski definition) is 2. The molecular weight excluding hydrogens is 188 g/mol. The zero-order valence-corrected chi connectivity index (χ0v) is 11.0. The van der Waals surface area contributed by atoms with E-state index in [-0.39, 0.29) is 18.1 Å². The molecule has 92 valence electrons. The monoisotopic (exact) mass is 216 g/mol. The predicted molar refractivity (Wildman–Crippen MR) is 64.7 cm³/mol. The van der Waals surface area contributed by atoms with Gasteiger partial charge in [0, 0.05) is 5.41 Å². The molecule has 0 amide bonds. The quantitative estimate of drug-likeness (QED) is 0.687. The second-order valence-corrected chi connectivity index (χ2v) is 5.40. The predicted octanol–water partition coefficient (Wildman–Crippen LogP) is 2.83. The van der Waals surface area contributed by atoms with Crippen molar-refractivity contribution in [1.29, 1.82) is 0 Å². The first kappa shape index (κ1) is 14.9. The van der Waals surface area contributed by atoms with Crippen LogP contribution in [0, 0.1) is 17.3 Å². The highest BCUT2D eigenvalue weighted by molar-refractivity contribution is 4.88. The van der Waals surface area contributed by atoms with Gasteiger partial charge in [0.15, 0.2) is 0 Å². The maximum atomic E-state index is 10.1. The standard InChI is InChI=1S/C13H28O2/c1-6-12(15)13(9-14,11(4)5)8-7-10(2)3/h10-12,14-15H,6-9H2,1-5H3. The van der Waals surface area contributed by atoms with Crippen LogP contribution in [0.5, 0.6) is 0 Å². The van der Waals surface area contributed by atoms with E-state index >= 15 is 0 Å². The molecule has 2 N–H and O–H groups in total. The van der Waals surface area contributed by atoms with E-state index in [1.165, 1.54) is 0 Å². The second kappa shape index (κ2) is 6.49. The third-order valence-electron chi connectivity index (χ3n) is 3.68. The van der Waals surface area contributed by atoms with Crippen molar-refractivity contribution in [2.24, 2.45) is 17.3 Å². The summed E-state index contributed by atoms with van der Waals surface area (Å²) in [7, 11) is 0. The normalized spacial score (nSPS) is 18.2. The van der Waals surface area contributed by atoms with Crippen molar-refractivity contribution < 1.29 is 10.2 Å². The van der Waals surface area contributed by atoms with Crippen LogP contribution < -0.4 is 0 Å². The first-order chi connectivity index (χ1) is 6.90. The minimum Gasteiger partial charge on any atom is -0.396 e. The van der Waals surface area contributed by atoms with Crippen LogP contribution >= 0.6 is 0 Å². The number of aliphatic hydroxyl groups is 2. The molecule has 2 heteroatoms. The molecule has 0 fully saturated rings. The average Bonchev–Trinajstić information content (AvgIpc) is 2.18. The smallest absolute Gasteiger partial charge is 0.0618 e. The van der Waals surface area contributed by atoms with E-state index in [1.807, 2.05) is 6.92 Å². The summed E-state index contributed by atoms with van der Waals surface area (Å²) in [6, 6.07) is 0. The van der Waals surface area contributed by atoms with Gasteiger partial charge in [-0.05, 0) is 24.7 Å². The number of aliphatic hydroxyl groups excluding tert-OH is 2. The van der Waals surface area contributed by atoms with Crippen LogP contribution in [0.25, 0.3) is 0 Å². The molecule has 0 spiro atoms. The Bertz CT molecular complexity index is 166. The molecular formula is C13H28O2. The molecule has 2 atom stereocenters. The lowest BCUT2D eigenvalue weighted by Crippen LogP contribution is -2.43. The summed E-state index contributed by atoms with van der Waals surface area (Å²) in [5.41, 5.74) is -0.307. The Kier molecular flexibility index (Phi) is 6.46. The molecule has 0 aromatic rings. The molecule has 0 bridgehead atoms. The summed E-state index contributed by atoms with van der Waals surface area (Å²) in [4.78, 5) is 0. The maximum Gasteiger partial charge on any atom is 0.0618 e. The molecule has 2 nitrogen and oxygen atoms in total. The Balaban J connectivity index is 4.65.